The van der Waals surface area contributed by atoms with E-state index in [2.05, 4.69) is 6.08 Å². The second kappa shape index (κ2) is 4.42. The minimum Gasteiger partial charge on any atom is -0.347 e. The first-order chi connectivity index (χ1) is 9.08. The minimum absolute atomic E-state index is 0.0640. The molecule has 0 fully saturated rings. The fourth-order valence-electron chi connectivity index (χ4n) is 2.71. The zero-order valence-electron chi connectivity index (χ0n) is 11.0. The van der Waals surface area contributed by atoms with Gasteiger partial charge >= 0.3 is 0 Å². The van der Waals surface area contributed by atoms with E-state index in [0.717, 1.165) is 28.8 Å². The standard InChI is InChI=1S/C15H15ClN2O/c1-17-7-3-4-12-13-8-11(16)6-5-10(13)9-18(2)15(19)14(12)17/h3,5-8H,4,9H2,1-2H3. The molecule has 3 nitrogen and oxygen atoms in total. The average molecular weight is 275 g/mol. The van der Waals surface area contributed by atoms with Crippen molar-refractivity contribution in [2.45, 2.75) is 13.0 Å². The third-order valence-corrected chi connectivity index (χ3v) is 3.88. The number of likely N-dealkylation sites (N-methyl/N-ethyl adjacent to an activating group) is 2. The van der Waals surface area contributed by atoms with E-state index in [1.165, 1.54) is 0 Å². The number of carbonyl (C=O) groups is 1. The monoisotopic (exact) mass is 274 g/mol. The Bertz CT molecular complexity index is 619. The fourth-order valence-corrected chi connectivity index (χ4v) is 2.88. The molecule has 0 unspecified atom stereocenters. The lowest BCUT2D eigenvalue weighted by molar-refractivity contribution is -0.127. The van der Waals surface area contributed by atoms with Gasteiger partial charge in [-0.2, -0.15) is 0 Å². The Morgan fingerprint density at radius 2 is 2.05 bits per heavy atom. The smallest absolute Gasteiger partial charge is 0.270 e. The molecule has 4 heteroatoms. The Kier molecular flexibility index (Phi) is 2.86. The molecule has 0 radical (unpaired) electrons. The molecule has 3 rings (SSSR count). The molecule has 0 saturated carbocycles. The van der Waals surface area contributed by atoms with Crippen LogP contribution >= 0.6 is 11.6 Å². The van der Waals surface area contributed by atoms with Crippen molar-refractivity contribution in [2.24, 2.45) is 0 Å². The molecule has 0 N–H and O–H groups in total. The lowest BCUT2D eigenvalue weighted by Crippen LogP contribution is -2.32. The first-order valence-corrected chi connectivity index (χ1v) is 6.62. The van der Waals surface area contributed by atoms with Gasteiger partial charge in [-0.05, 0) is 35.3 Å². The number of rotatable bonds is 0. The summed E-state index contributed by atoms with van der Waals surface area (Å²) in [5.74, 6) is 0.0640. The predicted octanol–water partition coefficient (Wildman–Crippen LogP) is 2.87. The topological polar surface area (TPSA) is 23.6 Å². The van der Waals surface area contributed by atoms with Gasteiger partial charge in [0.25, 0.3) is 5.91 Å². The van der Waals surface area contributed by atoms with Crippen LogP contribution in [0.4, 0.5) is 0 Å². The maximum absolute atomic E-state index is 12.5. The molecular formula is C15H15ClN2O. The molecular weight excluding hydrogens is 260 g/mol. The second-order valence-electron chi connectivity index (χ2n) is 4.99. The first-order valence-electron chi connectivity index (χ1n) is 6.25. The summed E-state index contributed by atoms with van der Waals surface area (Å²) in [4.78, 5) is 16.2. The SMILES string of the molecule is CN1C=CCC2=C1C(=O)N(C)Cc1ccc(Cl)cc12. The van der Waals surface area contributed by atoms with Crippen molar-refractivity contribution in [3.05, 3.63) is 52.3 Å². The number of nitrogens with zero attached hydrogens (tertiary/aromatic N) is 2. The molecule has 0 spiro atoms. The lowest BCUT2D eigenvalue weighted by atomic mass is 9.94. The van der Waals surface area contributed by atoms with Crippen LogP contribution in [0, 0.1) is 0 Å². The summed E-state index contributed by atoms with van der Waals surface area (Å²) in [7, 11) is 3.75. The van der Waals surface area contributed by atoms with Crippen molar-refractivity contribution >= 4 is 23.1 Å². The molecule has 0 aliphatic carbocycles. The molecule has 2 aliphatic heterocycles. The highest BCUT2D eigenvalue weighted by atomic mass is 35.5. The Morgan fingerprint density at radius 3 is 2.84 bits per heavy atom. The highest BCUT2D eigenvalue weighted by Gasteiger charge is 2.29. The minimum atomic E-state index is 0.0640. The summed E-state index contributed by atoms with van der Waals surface area (Å²) in [6.45, 7) is 0.617. The van der Waals surface area contributed by atoms with Gasteiger partial charge in [-0.15, -0.1) is 0 Å². The number of hydrogen-bond donors (Lipinski definition) is 0. The van der Waals surface area contributed by atoms with E-state index in [0.29, 0.717) is 11.6 Å². The highest BCUT2D eigenvalue weighted by Crippen LogP contribution is 2.35. The van der Waals surface area contributed by atoms with E-state index in [9.17, 15) is 4.79 Å². The van der Waals surface area contributed by atoms with E-state index >= 15 is 0 Å². The number of amides is 1. The van der Waals surface area contributed by atoms with Crippen LogP contribution in [0.2, 0.25) is 5.02 Å². The number of fused-ring (bicyclic) bond motifs is 2. The number of benzene rings is 1. The highest BCUT2D eigenvalue weighted by molar-refractivity contribution is 6.30. The van der Waals surface area contributed by atoms with Crippen LogP contribution in [0.15, 0.2) is 36.2 Å². The Balaban J connectivity index is 2.26. The quantitative estimate of drug-likeness (QED) is 0.726. The van der Waals surface area contributed by atoms with Crippen molar-refractivity contribution in [3.8, 4) is 0 Å². The van der Waals surface area contributed by atoms with Gasteiger partial charge in [0.05, 0.1) is 0 Å². The van der Waals surface area contributed by atoms with E-state index in [4.69, 9.17) is 11.6 Å². The Hall–Kier alpha value is -1.74. The molecule has 19 heavy (non-hydrogen) atoms. The molecule has 2 heterocycles. The number of halogens is 1. The van der Waals surface area contributed by atoms with Crippen LogP contribution in [0.1, 0.15) is 17.5 Å². The largest absolute Gasteiger partial charge is 0.347 e. The third kappa shape index (κ3) is 1.94. The van der Waals surface area contributed by atoms with Gasteiger partial charge in [-0.25, -0.2) is 0 Å². The average Bonchev–Trinajstić information content (AvgIpc) is 2.48. The van der Waals surface area contributed by atoms with Gasteiger partial charge in [0.2, 0.25) is 0 Å². The van der Waals surface area contributed by atoms with Crippen LogP contribution < -0.4 is 0 Å². The van der Waals surface area contributed by atoms with Crippen molar-refractivity contribution in [2.75, 3.05) is 14.1 Å². The maximum atomic E-state index is 12.5. The summed E-state index contributed by atoms with van der Waals surface area (Å²) < 4.78 is 0. The van der Waals surface area contributed by atoms with Crippen LogP contribution in [0.5, 0.6) is 0 Å². The summed E-state index contributed by atoms with van der Waals surface area (Å²) >= 11 is 6.12. The molecule has 1 aromatic rings. The summed E-state index contributed by atoms with van der Waals surface area (Å²) in [5.41, 5.74) is 4.06. The molecule has 98 valence electrons. The van der Waals surface area contributed by atoms with Gasteiger partial charge in [-0.1, -0.05) is 23.7 Å². The van der Waals surface area contributed by atoms with Gasteiger partial charge < -0.3 is 9.80 Å². The molecule has 1 amide bonds. The molecule has 0 saturated heterocycles. The molecule has 2 aliphatic rings. The summed E-state index contributed by atoms with van der Waals surface area (Å²) in [5, 5.41) is 0.708. The second-order valence-corrected chi connectivity index (χ2v) is 5.43. The Morgan fingerprint density at radius 1 is 1.26 bits per heavy atom. The molecule has 0 atom stereocenters. The lowest BCUT2D eigenvalue weighted by Gasteiger charge is -2.26. The van der Waals surface area contributed by atoms with E-state index in [-0.39, 0.29) is 5.91 Å². The van der Waals surface area contributed by atoms with E-state index < -0.39 is 0 Å². The zero-order chi connectivity index (χ0) is 13.6. The predicted molar refractivity (Wildman–Crippen MR) is 76.4 cm³/mol. The van der Waals surface area contributed by atoms with Crippen LogP contribution in [-0.4, -0.2) is 29.8 Å². The Labute approximate surface area is 117 Å². The number of allylic oxidation sites excluding steroid dienone is 2. The summed E-state index contributed by atoms with van der Waals surface area (Å²) in [6.07, 6.45) is 4.79. The normalized spacial score (nSPS) is 18.4. The van der Waals surface area contributed by atoms with Crippen molar-refractivity contribution in [1.29, 1.82) is 0 Å². The summed E-state index contributed by atoms with van der Waals surface area (Å²) in [6, 6.07) is 5.86. The molecule has 1 aromatic carbocycles. The molecule has 0 bridgehead atoms. The van der Waals surface area contributed by atoms with Gasteiger partial charge in [0, 0.05) is 31.9 Å². The van der Waals surface area contributed by atoms with Gasteiger partial charge in [0.1, 0.15) is 5.70 Å². The van der Waals surface area contributed by atoms with Crippen molar-refractivity contribution < 1.29 is 4.79 Å². The fraction of sp³-hybridized carbons (Fsp3) is 0.267. The van der Waals surface area contributed by atoms with Gasteiger partial charge in [0.15, 0.2) is 0 Å². The molecule has 0 aromatic heterocycles. The van der Waals surface area contributed by atoms with Crippen LogP contribution in [0.25, 0.3) is 5.57 Å². The van der Waals surface area contributed by atoms with Crippen molar-refractivity contribution in [1.82, 2.24) is 9.80 Å². The van der Waals surface area contributed by atoms with Gasteiger partial charge in [-0.3, -0.25) is 4.79 Å². The number of carbonyl (C=O) groups excluding carboxylic acids is 1. The number of hydrogen-bond acceptors (Lipinski definition) is 2. The maximum Gasteiger partial charge on any atom is 0.270 e. The van der Waals surface area contributed by atoms with Crippen LogP contribution in [0.3, 0.4) is 0 Å². The van der Waals surface area contributed by atoms with E-state index in [1.54, 1.807) is 4.90 Å². The first kappa shape index (κ1) is 12.3. The zero-order valence-corrected chi connectivity index (χ0v) is 11.7. The third-order valence-electron chi connectivity index (χ3n) is 3.64. The van der Waals surface area contributed by atoms with E-state index in [1.807, 2.05) is 43.4 Å². The van der Waals surface area contributed by atoms with Crippen LogP contribution in [-0.2, 0) is 11.3 Å². The van der Waals surface area contributed by atoms with Crippen molar-refractivity contribution in [3.63, 3.8) is 0 Å².